The highest BCUT2D eigenvalue weighted by molar-refractivity contribution is 5.91. The van der Waals surface area contributed by atoms with Crippen molar-refractivity contribution in [3.8, 4) is 11.4 Å². The fourth-order valence-electron chi connectivity index (χ4n) is 3.95. The van der Waals surface area contributed by atoms with Gasteiger partial charge < -0.3 is 10.0 Å². The number of aromatic nitrogens is 3. The number of fused-ring (bicyclic) bond motifs is 1. The highest BCUT2D eigenvalue weighted by atomic mass is 19.1. The fourth-order valence-corrected chi connectivity index (χ4v) is 3.95. The van der Waals surface area contributed by atoms with Crippen molar-refractivity contribution in [1.82, 2.24) is 15.0 Å². The molecule has 6 heteroatoms. The number of benzene rings is 2. The summed E-state index contributed by atoms with van der Waals surface area (Å²) in [5.41, 5.74) is 2.61. The van der Waals surface area contributed by atoms with E-state index in [1.165, 1.54) is 12.1 Å². The summed E-state index contributed by atoms with van der Waals surface area (Å²) in [5.74, 6) is 1.08. The van der Waals surface area contributed by atoms with Crippen molar-refractivity contribution in [3.63, 3.8) is 0 Å². The van der Waals surface area contributed by atoms with Crippen LogP contribution in [0.3, 0.4) is 0 Å². The van der Waals surface area contributed by atoms with E-state index in [1.807, 2.05) is 36.4 Å². The van der Waals surface area contributed by atoms with Crippen molar-refractivity contribution in [3.05, 3.63) is 84.4 Å². The first-order valence-electron chi connectivity index (χ1n) is 9.56. The van der Waals surface area contributed by atoms with Crippen molar-refractivity contribution in [2.45, 2.75) is 18.6 Å². The number of anilines is 1. The lowest BCUT2D eigenvalue weighted by atomic mass is 10.0. The summed E-state index contributed by atoms with van der Waals surface area (Å²) in [4.78, 5) is 15.9. The lowest BCUT2D eigenvalue weighted by Crippen LogP contribution is -2.26. The lowest BCUT2D eigenvalue weighted by Gasteiger charge is -2.27. The number of hydrogen-bond acceptors (Lipinski definition) is 5. The highest BCUT2D eigenvalue weighted by Crippen LogP contribution is 2.39. The molecule has 4 aromatic rings. The predicted molar refractivity (Wildman–Crippen MR) is 110 cm³/mol. The second-order valence-electron chi connectivity index (χ2n) is 7.24. The first kappa shape index (κ1) is 17.7. The molecule has 1 fully saturated rings. The number of halogens is 1. The van der Waals surface area contributed by atoms with Gasteiger partial charge in [0.05, 0.1) is 17.7 Å². The smallest absolute Gasteiger partial charge is 0.163 e. The maximum atomic E-state index is 13.4. The Morgan fingerprint density at radius 3 is 2.59 bits per heavy atom. The number of aliphatic hydroxyl groups excluding tert-OH is 1. The number of rotatable bonds is 3. The minimum atomic E-state index is -0.486. The van der Waals surface area contributed by atoms with Gasteiger partial charge in [-0.05, 0) is 48.4 Å². The molecule has 1 aliphatic rings. The fraction of sp³-hybridized carbons (Fsp3) is 0.174. The van der Waals surface area contributed by atoms with E-state index in [9.17, 15) is 9.50 Å². The number of aliphatic hydroxyl groups is 1. The molecule has 2 aromatic carbocycles. The Morgan fingerprint density at radius 2 is 1.79 bits per heavy atom. The van der Waals surface area contributed by atoms with Crippen molar-refractivity contribution in [2.24, 2.45) is 0 Å². The summed E-state index contributed by atoms with van der Waals surface area (Å²) in [7, 11) is 0. The normalized spacial score (nSPS) is 19.0. The number of nitrogens with zero attached hydrogens (tertiary/aromatic N) is 4. The Hall–Kier alpha value is -3.38. The predicted octanol–water partition coefficient (Wildman–Crippen LogP) is 4.14. The van der Waals surface area contributed by atoms with Crippen LogP contribution in [0, 0.1) is 5.82 Å². The zero-order valence-corrected chi connectivity index (χ0v) is 15.6. The van der Waals surface area contributed by atoms with E-state index in [-0.39, 0.29) is 11.9 Å². The molecular formula is C23H19FN4O. The number of para-hydroxylation sites is 1. The van der Waals surface area contributed by atoms with Gasteiger partial charge in [-0.1, -0.05) is 24.3 Å². The molecule has 2 atom stereocenters. The van der Waals surface area contributed by atoms with Gasteiger partial charge >= 0.3 is 0 Å². The lowest BCUT2D eigenvalue weighted by molar-refractivity contribution is 0.194. The van der Waals surface area contributed by atoms with E-state index >= 15 is 0 Å². The molecule has 0 bridgehead atoms. The monoisotopic (exact) mass is 386 g/mol. The summed E-state index contributed by atoms with van der Waals surface area (Å²) >= 11 is 0. The average Bonchev–Trinajstić information content (AvgIpc) is 3.15. The molecule has 2 aromatic heterocycles. The quantitative estimate of drug-likeness (QED) is 0.573. The molecule has 1 saturated heterocycles. The van der Waals surface area contributed by atoms with E-state index in [4.69, 9.17) is 9.97 Å². The number of β-amino-alcohol motifs (C(OH)–C–C–N with tert-alkyl or cyclic N) is 1. The molecule has 0 radical (unpaired) electrons. The number of hydrogen-bond donors (Lipinski definition) is 1. The Labute approximate surface area is 167 Å². The van der Waals surface area contributed by atoms with Crippen LogP contribution in [0.15, 0.2) is 73.1 Å². The van der Waals surface area contributed by atoms with Crippen LogP contribution in [-0.4, -0.2) is 32.7 Å². The van der Waals surface area contributed by atoms with Crippen LogP contribution in [0.5, 0.6) is 0 Å². The van der Waals surface area contributed by atoms with Crippen LogP contribution in [-0.2, 0) is 0 Å². The van der Waals surface area contributed by atoms with Crippen LogP contribution < -0.4 is 4.90 Å². The van der Waals surface area contributed by atoms with Crippen molar-refractivity contribution >= 4 is 16.7 Å². The van der Waals surface area contributed by atoms with Gasteiger partial charge in [-0.25, -0.2) is 14.4 Å². The van der Waals surface area contributed by atoms with Crippen LogP contribution >= 0.6 is 0 Å². The zero-order chi connectivity index (χ0) is 19.8. The van der Waals surface area contributed by atoms with Gasteiger partial charge in [0, 0.05) is 29.9 Å². The Bertz CT molecular complexity index is 1150. The summed E-state index contributed by atoms with van der Waals surface area (Å²) in [6, 6.07) is 18.0. The van der Waals surface area contributed by atoms with Crippen molar-refractivity contribution in [2.75, 3.05) is 11.4 Å². The van der Waals surface area contributed by atoms with Crippen LogP contribution in [0.25, 0.3) is 22.3 Å². The maximum absolute atomic E-state index is 13.4. The molecule has 0 saturated carbocycles. The Morgan fingerprint density at radius 1 is 0.966 bits per heavy atom. The molecule has 144 valence electrons. The van der Waals surface area contributed by atoms with Crippen molar-refractivity contribution in [1.29, 1.82) is 0 Å². The van der Waals surface area contributed by atoms with E-state index in [1.54, 1.807) is 24.5 Å². The van der Waals surface area contributed by atoms with Crippen LogP contribution in [0.4, 0.5) is 10.2 Å². The SMILES string of the molecule is O[C@@H]1C[C@@H](c2ccc(F)cc2)N(c2nc(-c3cccnc3)nc3ccccc23)C1. The second-order valence-corrected chi connectivity index (χ2v) is 7.24. The minimum Gasteiger partial charge on any atom is -0.391 e. The van der Waals surface area contributed by atoms with Gasteiger partial charge in [-0.15, -0.1) is 0 Å². The minimum absolute atomic E-state index is 0.0920. The maximum Gasteiger partial charge on any atom is 0.163 e. The second kappa shape index (κ2) is 7.22. The molecule has 5 rings (SSSR count). The molecule has 0 aliphatic carbocycles. The molecule has 3 heterocycles. The third kappa shape index (κ3) is 3.32. The van der Waals surface area contributed by atoms with Gasteiger partial charge in [0.15, 0.2) is 5.82 Å². The van der Waals surface area contributed by atoms with Gasteiger partial charge in [0.2, 0.25) is 0 Å². The van der Waals surface area contributed by atoms with Crippen LogP contribution in [0.1, 0.15) is 18.0 Å². The summed E-state index contributed by atoms with van der Waals surface area (Å²) in [6.45, 7) is 0.454. The van der Waals surface area contributed by atoms with E-state index in [2.05, 4.69) is 9.88 Å². The van der Waals surface area contributed by atoms with Gasteiger partial charge in [0.1, 0.15) is 11.6 Å². The third-order valence-corrected chi connectivity index (χ3v) is 5.31. The van der Waals surface area contributed by atoms with Gasteiger partial charge in [0.25, 0.3) is 0 Å². The van der Waals surface area contributed by atoms with E-state index < -0.39 is 6.10 Å². The first-order chi connectivity index (χ1) is 14.2. The Kier molecular flexibility index (Phi) is 4.41. The van der Waals surface area contributed by atoms with Gasteiger partial charge in [-0.3, -0.25) is 4.98 Å². The summed E-state index contributed by atoms with van der Waals surface area (Å²) < 4.78 is 13.4. The Balaban J connectivity index is 1.67. The molecule has 1 aliphatic heterocycles. The standard InChI is InChI=1S/C23H19FN4O/c24-17-9-7-15(8-10-17)21-12-18(29)14-28(21)23-19-5-1-2-6-20(19)26-22(27-23)16-4-3-11-25-13-16/h1-11,13,18,21,29H,12,14H2/t18-,21+/m1/s1. The molecule has 5 nitrogen and oxygen atoms in total. The molecule has 0 spiro atoms. The zero-order valence-electron chi connectivity index (χ0n) is 15.6. The van der Waals surface area contributed by atoms with Crippen molar-refractivity contribution < 1.29 is 9.50 Å². The summed E-state index contributed by atoms with van der Waals surface area (Å²) in [6.07, 6.45) is 3.53. The molecule has 1 N–H and O–H groups in total. The highest BCUT2D eigenvalue weighted by Gasteiger charge is 2.34. The summed E-state index contributed by atoms with van der Waals surface area (Å²) in [5, 5.41) is 11.4. The topological polar surface area (TPSA) is 62.1 Å². The molecule has 0 amide bonds. The first-order valence-corrected chi connectivity index (χ1v) is 9.56. The van der Waals surface area contributed by atoms with E-state index in [0.717, 1.165) is 27.8 Å². The molecule has 29 heavy (non-hydrogen) atoms. The molecular weight excluding hydrogens is 367 g/mol. The largest absolute Gasteiger partial charge is 0.391 e. The number of pyridine rings is 1. The van der Waals surface area contributed by atoms with Crippen LogP contribution in [0.2, 0.25) is 0 Å². The third-order valence-electron chi connectivity index (χ3n) is 5.31. The van der Waals surface area contributed by atoms with Gasteiger partial charge in [-0.2, -0.15) is 0 Å². The van der Waals surface area contributed by atoms with E-state index in [0.29, 0.717) is 18.8 Å². The molecule has 0 unspecified atom stereocenters. The average molecular weight is 386 g/mol.